The molecule has 0 saturated carbocycles. The third kappa shape index (κ3) is 6.81. The molecule has 0 unspecified atom stereocenters. The average molecular weight is 468 g/mol. The smallest absolute Gasteiger partial charge is 0.261 e. The quantitative estimate of drug-likeness (QED) is 0.445. The van der Waals surface area contributed by atoms with Crippen molar-refractivity contribution in [1.82, 2.24) is 5.32 Å². The summed E-state index contributed by atoms with van der Waals surface area (Å²) in [6, 6.07) is 19.4. The fourth-order valence-electron chi connectivity index (χ4n) is 2.97. The summed E-state index contributed by atoms with van der Waals surface area (Å²) >= 11 is 0. The standard InChI is InChI=1S/C24H25N3O5S/c1-3-32-21-11-7-20(8-12-21)27-33(30,31)22-13-9-19(10-14-22)26-23(28)16-25-24(29)18-6-4-5-17(2)15-18/h4-15,27H,3,16H2,1-2H3,(H,25,29)(H,26,28). The van der Waals surface area contributed by atoms with E-state index in [2.05, 4.69) is 15.4 Å². The summed E-state index contributed by atoms with van der Waals surface area (Å²) < 4.78 is 33.1. The second kappa shape index (κ2) is 10.6. The van der Waals surface area contributed by atoms with Crippen molar-refractivity contribution in [2.75, 3.05) is 23.2 Å². The van der Waals surface area contributed by atoms with Crippen LogP contribution in [-0.4, -0.2) is 33.4 Å². The van der Waals surface area contributed by atoms with Crippen LogP contribution in [0.15, 0.2) is 77.7 Å². The van der Waals surface area contributed by atoms with Crippen LogP contribution in [0.25, 0.3) is 0 Å². The molecule has 0 aliphatic rings. The van der Waals surface area contributed by atoms with Gasteiger partial charge in [0.1, 0.15) is 5.75 Å². The van der Waals surface area contributed by atoms with E-state index < -0.39 is 15.9 Å². The van der Waals surface area contributed by atoms with E-state index in [4.69, 9.17) is 4.74 Å². The Morgan fingerprint density at radius 2 is 1.58 bits per heavy atom. The lowest BCUT2D eigenvalue weighted by molar-refractivity contribution is -0.115. The summed E-state index contributed by atoms with van der Waals surface area (Å²) in [4.78, 5) is 24.3. The highest BCUT2D eigenvalue weighted by Crippen LogP contribution is 2.20. The lowest BCUT2D eigenvalue weighted by Gasteiger charge is -2.11. The lowest BCUT2D eigenvalue weighted by Crippen LogP contribution is -2.32. The van der Waals surface area contributed by atoms with Crippen molar-refractivity contribution in [2.45, 2.75) is 18.7 Å². The van der Waals surface area contributed by atoms with Crippen molar-refractivity contribution >= 4 is 33.2 Å². The number of ether oxygens (including phenoxy) is 1. The molecule has 33 heavy (non-hydrogen) atoms. The maximum atomic E-state index is 12.6. The summed E-state index contributed by atoms with van der Waals surface area (Å²) in [5, 5.41) is 5.18. The molecule has 3 rings (SSSR count). The Kier molecular flexibility index (Phi) is 7.68. The molecule has 2 amide bonds. The highest BCUT2D eigenvalue weighted by Gasteiger charge is 2.15. The maximum absolute atomic E-state index is 12.6. The number of anilines is 2. The number of sulfonamides is 1. The zero-order valence-electron chi connectivity index (χ0n) is 18.3. The number of hydrogen-bond donors (Lipinski definition) is 3. The van der Waals surface area contributed by atoms with Crippen molar-refractivity contribution in [2.24, 2.45) is 0 Å². The number of hydrogen-bond acceptors (Lipinski definition) is 5. The predicted molar refractivity (Wildman–Crippen MR) is 127 cm³/mol. The monoisotopic (exact) mass is 467 g/mol. The van der Waals surface area contributed by atoms with Crippen LogP contribution in [0.5, 0.6) is 5.75 Å². The minimum Gasteiger partial charge on any atom is -0.494 e. The van der Waals surface area contributed by atoms with Gasteiger partial charge in [0.05, 0.1) is 18.0 Å². The molecule has 0 atom stereocenters. The van der Waals surface area contributed by atoms with Gasteiger partial charge in [-0.2, -0.15) is 0 Å². The maximum Gasteiger partial charge on any atom is 0.261 e. The molecule has 9 heteroatoms. The summed E-state index contributed by atoms with van der Waals surface area (Å²) in [7, 11) is -3.80. The predicted octanol–water partition coefficient (Wildman–Crippen LogP) is 3.56. The van der Waals surface area contributed by atoms with E-state index in [0.717, 1.165) is 5.56 Å². The van der Waals surface area contributed by atoms with Crippen LogP contribution in [-0.2, 0) is 14.8 Å². The molecule has 3 aromatic rings. The lowest BCUT2D eigenvalue weighted by atomic mass is 10.1. The molecular weight excluding hydrogens is 442 g/mol. The Morgan fingerprint density at radius 3 is 2.21 bits per heavy atom. The van der Waals surface area contributed by atoms with Gasteiger partial charge >= 0.3 is 0 Å². The zero-order valence-corrected chi connectivity index (χ0v) is 19.1. The number of nitrogens with one attached hydrogen (secondary N) is 3. The number of carbonyl (C=O) groups is 2. The van der Waals surface area contributed by atoms with E-state index in [9.17, 15) is 18.0 Å². The van der Waals surface area contributed by atoms with Gasteiger partial charge in [0.2, 0.25) is 5.91 Å². The molecule has 0 aromatic heterocycles. The van der Waals surface area contributed by atoms with Crippen molar-refractivity contribution in [3.8, 4) is 5.75 Å². The Hall–Kier alpha value is -3.85. The van der Waals surface area contributed by atoms with E-state index >= 15 is 0 Å². The summed E-state index contributed by atoms with van der Waals surface area (Å²) in [5.41, 5.74) is 2.22. The van der Waals surface area contributed by atoms with Crippen LogP contribution in [0.3, 0.4) is 0 Å². The number of carbonyl (C=O) groups excluding carboxylic acids is 2. The van der Waals surface area contributed by atoms with Crippen molar-refractivity contribution in [1.29, 1.82) is 0 Å². The van der Waals surface area contributed by atoms with Crippen LogP contribution in [0.4, 0.5) is 11.4 Å². The first-order chi connectivity index (χ1) is 15.8. The second-order valence-corrected chi connectivity index (χ2v) is 8.87. The van der Waals surface area contributed by atoms with Crippen LogP contribution in [0.1, 0.15) is 22.8 Å². The summed E-state index contributed by atoms with van der Waals surface area (Å²) in [5.74, 6) is -0.134. The molecule has 0 spiro atoms. The molecule has 8 nitrogen and oxygen atoms in total. The number of rotatable bonds is 9. The summed E-state index contributed by atoms with van der Waals surface area (Å²) in [6.07, 6.45) is 0. The van der Waals surface area contributed by atoms with Gasteiger partial charge < -0.3 is 15.4 Å². The molecule has 3 aromatic carbocycles. The normalized spacial score (nSPS) is 10.8. The van der Waals surface area contributed by atoms with Crippen LogP contribution >= 0.6 is 0 Å². The molecule has 0 aliphatic carbocycles. The number of benzene rings is 3. The van der Waals surface area contributed by atoms with Gasteiger partial charge in [-0.05, 0) is 74.5 Å². The molecule has 0 aliphatic heterocycles. The van der Waals surface area contributed by atoms with E-state index in [0.29, 0.717) is 29.3 Å². The number of aryl methyl sites for hydroxylation is 1. The fraction of sp³-hybridized carbons (Fsp3) is 0.167. The minimum atomic E-state index is -3.80. The van der Waals surface area contributed by atoms with Crippen molar-refractivity contribution in [3.63, 3.8) is 0 Å². The molecule has 0 fully saturated rings. The van der Waals surface area contributed by atoms with Gasteiger partial charge in [0.15, 0.2) is 0 Å². The molecule has 0 saturated heterocycles. The SMILES string of the molecule is CCOc1ccc(NS(=O)(=O)c2ccc(NC(=O)CNC(=O)c3cccc(C)c3)cc2)cc1. The molecule has 3 N–H and O–H groups in total. The number of amides is 2. The first-order valence-electron chi connectivity index (χ1n) is 10.3. The molecule has 0 heterocycles. The molecular formula is C24H25N3O5S. The van der Waals surface area contributed by atoms with Gasteiger partial charge in [-0.15, -0.1) is 0 Å². The van der Waals surface area contributed by atoms with Crippen LogP contribution in [0.2, 0.25) is 0 Å². The first kappa shape index (κ1) is 23.8. The molecule has 0 radical (unpaired) electrons. The molecule has 0 bridgehead atoms. The first-order valence-corrected chi connectivity index (χ1v) is 11.8. The Balaban J connectivity index is 1.55. The second-order valence-electron chi connectivity index (χ2n) is 7.19. The van der Waals surface area contributed by atoms with Gasteiger partial charge in [-0.25, -0.2) is 8.42 Å². The van der Waals surface area contributed by atoms with Gasteiger partial charge in [-0.3, -0.25) is 14.3 Å². The Morgan fingerprint density at radius 1 is 0.909 bits per heavy atom. The Bertz CT molecular complexity index is 1220. The highest BCUT2D eigenvalue weighted by molar-refractivity contribution is 7.92. The van der Waals surface area contributed by atoms with E-state index in [1.807, 2.05) is 19.9 Å². The van der Waals surface area contributed by atoms with Gasteiger partial charge in [0, 0.05) is 16.9 Å². The minimum absolute atomic E-state index is 0.0436. The van der Waals surface area contributed by atoms with E-state index in [1.165, 1.54) is 24.3 Å². The van der Waals surface area contributed by atoms with Crippen molar-refractivity contribution in [3.05, 3.63) is 83.9 Å². The van der Waals surface area contributed by atoms with Gasteiger partial charge in [-0.1, -0.05) is 17.7 Å². The van der Waals surface area contributed by atoms with Crippen LogP contribution < -0.4 is 20.1 Å². The topological polar surface area (TPSA) is 114 Å². The summed E-state index contributed by atoms with van der Waals surface area (Å²) in [6.45, 7) is 4.05. The zero-order chi connectivity index (χ0) is 23.8. The van der Waals surface area contributed by atoms with Gasteiger partial charge in [0.25, 0.3) is 15.9 Å². The average Bonchev–Trinajstić information content (AvgIpc) is 2.79. The highest BCUT2D eigenvalue weighted by atomic mass is 32.2. The third-order valence-electron chi connectivity index (χ3n) is 4.56. The fourth-order valence-corrected chi connectivity index (χ4v) is 4.03. The van der Waals surface area contributed by atoms with Crippen LogP contribution in [0, 0.1) is 6.92 Å². The Labute approximate surface area is 193 Å². The van der Waals surface area contributed by atoms with E-state index in [1.54, 1.807) is 42.5 Å². The largest absolute Gasteiger partial charge is 0.494 e. The molecule has 172 valence electrons. The van der Waals surface area contributed by atoms with E-state index in [-0.39, 0.29) is 17.3 Å². The third-order valence-corrected chi connectivity index (χ3v) is 5.95. The van der Waals surface area contributed by atoms with Crippen molar-refractivity contribution < 1.29 is 22.7 Å².